The van der Waals surface area contributed by atoms with Crippen molar-refractivity contribution in [3.63, 3.8) is 0 Å². The minimum atomic E-state index is -0.971. The summed E-state index contributed by atoms with van der Waals surface area (Å²) in [4.78, 5) is 12.3. The third kappa shape index (κ3) is 3.26. The molecule has 0 bridgehead atoms. The molecule has 7 nitrogen and oxygen atoms in total. The fourth-order valence-electron chi connectivity index (χ4n) is 3.20. The molecule has 3 aromatic rings. The quantitative estimate of drug-likeness (QED) is 0.701. The highest BCUT2D eigenvalue weighted by Crippen LogP contribution is 2.33. The number of rotatable bonds is 5. The van der Waals surface area contributed by atoms with E-state index in [1.165, 1.54) is 7.11 Å². The fourth-order valence-corrected chi connectivity index (χ4v) is 3.20. The van der Waals surface area contributed by atoms with Gasteiger partial charge in [-0.05, 0) is 12.1 Å². The molecule has 4 rings (SSSR count). The molecule has 144 valence electrons. The van der Waals surface area contributed by atoms with Gasteiger partial charge in [0.15, 0.2) is 0 Å². The van der Waals surface area contributed by atoms with Gasteiger partial charge in [0.2, 0.25) is 11.8 Å². The maximum atomic E-state index is 14.5. The van der Waals surface area contributed by atoms with E-state index in [-0.39, 0.29) is 29.8 Å². The summed E-state index contributed by atoms with van der Waals surface area (Å²) < 4.78 is 39.4. The molecule has 1 fully saturated rings. The standard InChI is InChI=1S/C19H16F2N4O3/c1-27-11-7-13(20)15(14(21)8-11)12-9-22-17(26)16(12)23-19-25-24-18(28-19)10-5-3-2-4-6-10/h2-8,12,16H,9H2,1H3,(H,22,26)(H,23,25)/t12-,16-/m0/s1. The van der Waals surface area contributed by atoms with Crippen LogP contribution in [0.5, 0.6) is 5.75 Å². The third-order valence-corrected chi connectivity index (χ3v) is 4.56. The number of aromatic nitrogens is 2. The smallest absolute Gasteiger partial charge is 0.316 e. The van der Waals surface area contributed by atoms with Crippen molar-refractivity contribution in [1.29, 1.82) is 0 Å². The van der Waals surface area contributed by atoms with Crippen LogP contribution in [0, 0.1) is 11.6 Å². The zero-order valence-corrected chi connectivity index (χ0v) is 14.8. The minimum Gasteiger partial charge on any atom is -0.497 e. The molecule has 2 heterocycles. The van der Waals surface area contributed by atoms with Crippen molar-refractivity contribution in [2.75, 3.05) is 19.0 Å². The monoisotopic (exact) mass is 386 g/mol. The Morgan fingerprint density at radius 1 is 1.18 bits per heavy atom. The van der Waals surface area contributed by atoms with Gasteiger partial charge in [-0.3, -0.25) is 4.79 Å². The Hall–Kier alpha value is -3.49. The van der Waals surface area contributed by atoms with Crippen molar-refractivity contribution in [3.8, 4) is 17.2 Å². The molecule has 0 spiro atoms. The first kappa shape index (κ1) is 17.9. The van der Waals surface area contributed by atoms with Crippen LogP contribution in [0.2, 0.25) is 0 Å². The summed E-state index contributed by atoms with van der Waals surface area (Å²) in [6, 6.07) is 10.3. The molecule has 0 saturated carbocycles. The van der Waals surface area contributed by atoms with Gasteiger partial charge in [-0.25, -0.2) is 8.78 Å². The molecule has 0 aliphatic carbocycles. The van der Waals surface area contributed by atoms with Crippen molar-refractivity contribution in [3.05, 3.63) is 59.7 Å². The van der Waals surface area contributed by atoms with E-state index in [1.54, 1.807) is 12.1 Å². The summed E-state index contributed by atoms with van der Waals surface area (Å²) in [5, 5.41) is 13.2. The molecule has 2 N–H and O–H groups in total. The average Bonchev–Trinajstić information content (AvgIpc) is 3.30. The highest BCUT2D eigenvalue weighted by Gasteiger charge is 2.40. The first-order valence-corrected chi connectivity index (χ1v) is 8.53. The Morgan fingerprint density at radius 3 is 2.57 bits per heavy atom. The normalized spacial score (nSPS) is 18.8. The summed E-state index contributed by atoms with van der Waals surface area (Å²) in [6.07, 6.45) is 0. The van der Waals surface area contributed by atoms with Gasteiger partial charge in [0.1, 0.15) is 23.4 Å². The Bertz CT molecular complexity index is 986. The first-order chi connectivity index (χ1) is 13.6. The van der Waals surface area contributed by atoms with E-state index in [1.807, 2.05) is 18.2 Å². The Labute approximate surface area is 158 Å². The SMILES string of the molecule is COc1cc(F)c([C@@H]2CNC(=O)[C@H]2Nc2nnc(-c3ccccc3)o2)c(F)c1. The van der Waals surface area contributed by atoms with Crippen molar-refractivity contribution < 1.29 is 22.7 Å². The summed E-state index contributed by atoms with van der Waals surface area (Å²) >= 11 is 0. The number of ether oxygens (including phenoxy) is 1. The zero-order chi connectivity index (χ0) is 19.7. The number of amides is 1. The molecule has 0 radical (unpaired) electrons. The number of nitrogens with zero attached hydrogens (tertiary/aromatic N) is 2. The zero-order valence-electron chi connectivity index (χ0n) is 14.8. The molecule has 2 atom stereocenters. The average molecular weight is 386 g/mol. The summed E-state index contributed by atoms with van der Waals surface area (Å²) in [7, 11) is 1.32. The van der Waals surface area contributed by atoms with Gasteiger partial charge in [0.05, 0.1) is 7.11 Å². The topological polar surface area (TPSA) is 89.3 Å². The van der Waals surface area contributed by atoms with Crippen molar-refractivity contribution in [2.24, 2.45) is 0 Å². The van der Waals surface area contributed by atoms with Crippen LogP contribution in [-0.4, -0.2) is 35.8 Å². The maximum Gasteiger partial charge on any atom is 0.316 e. The molecule has 1 amide bonds. The van der Waals surface area contributed by atoms with Crippen LogP contribution in [0.4, 0.5) is 14.8 Å². The second kappa shape index (κ2) is 7.26. The van der Waals surface area contributed by atoms with Crippen LogP contribution in [0.1, 0.15) is 11.5 Å². The van der Waals surface area contributed by atoms with Gasteiger partial charge in [-0.15, -0.1) is 5.10 Å². The predicted molar refractivity (Wildman–Crippen MR) is 95.8 cm³/mol. The molecule has 0 unspecified atom stereocenters. The molecular weight excluding hydrogens is 370 g/mol. The van der Waals surface area contributed by atoms with Crippen molar-refractivity contribution in [2.45, 2.75) is 12.0 Å². The van der Waals surface area contributed by atoms with Crippen molar-refractivity contribution >= 4 is 11.9 Å². The highest BCUT2D eigenvalue weighted by atomic mass is 19.1. The number of hydrogen-bond donors (Lipinski definition) is 2. The molecule has 28 heavy (non-hydrogen) atoms. The highest BCUT2D eigenvalue weighted by molar-refractivity contribution is 5.88. The number of nitrogens with one attached hydrogen (secondary N) is 2. The van der Waals surface area contributed by atoms with Gasteiger partial charge >= 0.3 is 6.01 Å². The van der Waals surface area contributed by atoms with E-state index >= 15 is 0 Å². The van der Waals surface area contributed by atoms with E-state index in [9.17, 15) is 13.6 Å². The minimum absolute atomic E-state index is 0.0137. The molecule has 1 saturated heterocycles. The lowest BCUT2D eigenvalue weighted by Crippen LogP contribution is -2.33. The van der Waals surface area contributed by atoms with E-state index in [4.69, 9.17) is 9.15 Å². The predicted octanol–water partition coefficient (Wildman–Crippen LogP) is 2.72. The van der Waals surface area contributed by atoms with E-state index < -0.39 is 29.5 Å². The van der Waals surface area contributed by atoms with Gasteiger partial charge in [0.25, 0.3) is 0 Å². The Balaban J connectivity index is 1.61. The van der Waals surface area contributed by atoms with E-state index in [2.05, 4.69) is 20.8 Å². The lowest BCUT2D eigenvalue weighted by Gasteiger charge is -2.19. The first-order valence-electron chi connectivity index (χ1n) is 8.53. The van der Waals surface area contributed by atoms with Gasteiger partial charge in [-0.1, -0.05) is 23.3 Å². The third-order valence-electron chi connectivity index (χ3n) is 4.56. The number of hydrogen-bond acceptors (Lipinski definition) is 6. The number of halogens is 2. The fraction of sp³-hybridized carbons (Fsp3) is 0.211. The van der Waals surface area contributed by atoms with Crippen LogP contribution < -0.4 is 15.4 Å². The number of methoxy groups -OCH3 is 1. The molecule has 1 aromatic heterocycles. The molecule has 1 aliphatic heterocycles. The Kier molecular flexibility index (Phi) is 4.64. The summed E-state index contributed by atoms with van der Waals surface area (Å²) in [5.74, 6) is -2.48. The number of anilines is 1. The lowest BCUT2D eigenvalue weighted by atomic mass is 9.93. The van der Waals surface area contributed by atoms with Gasteiger partial charge in [0, 0.05) is 35.7 Å². The van der Waals surface area contributed by atoms with Crippen LogP contribution in [0.25, 0.3) is 11.5 Å². The van der Waals surface area contributed by atoms with Gasteiger partial charge < -0.3 is 19.8 Å². The van der Waals surface area contributed by atoms with E-state index in [0.717, 1.165) is 12.1 Å². The molecule has 9 heteroatoms. The summed E-state index contributed by atoms with van der Waals surface area (Å²) in [5.41, 5.74) is 0.502. The second-order valence-electron chi connectivity index (χ2n) is 6.26. The van der Waals surface area contributed by atoms with E-state index in [0.29, 0.717) is 5.56 Å². The maximum absolute atomic E-state index is 14.5. The number of carbonyl (C=O) groups excluding carboxylic acids is 1. The lowest BCUT2D eigenvalue weighted by molar-refractivity contribution is -0.119. The van der Waals surface area contributed by atoms with Crippen LogP contribution in [0.15, 0.2) is 46.9 Å². The van der Waals surface area contributed by atoms with Crippen LogP contribution >= 0.6 is 0 Å². The van der Waals surface area contributed by atoms with Crippen molar-refractivity contribution in [1.82, 2.24) is 15.5 Å². The summed E-state index contributed by atoms with van der Waals surface area (Å²) in [6.45, 7) is 0.0658. The molecule has 1 aliphatic rings. The van der Waals surface area contributed by atoms with Gasteiger partial charge in [-0.2, -0.15) is 0 Å². The number of carbonyl (C=O) groups is 1. The number of benzene rings is 2. The van der Waals surface area contributed by atoms with Crippen LogP contribution in [0.3, 0.4) is 0 Å². The Morgan fingerprint density at radius 2 is 1.89 bits per heavy atom. The largest absolute Gasteiger partial charge is 0.497 e. The second-order valence-corrected chi connectivity index (χ2v) is 6.26. The molecular formula is C19H16F2N4O3. The van der Waals surface area contributed by atoms with Crippen LogP contribution in [-0.2, 0) is 4.79 Å². The molecule has 2 aromatic carbocycles.